The van der Waals surface area contributed by atoms with Gasteiger partial charge in [0.2, 0.25) is 11.8 Å². The van der Waals surface area contributed by atoms with Gasteiger partial charge in [0.1, 0.15) is 5.54 Å². The highest BCUT2D eigenvalue weighted by atomic mass is 35.5. The molecule has 4 unspecified atom stereocenters. The van der Waals surface area contributed by atoms with E-state index in [9.17, 15) is 19.5 Å². The molecule has 45 heavy (non-hydrogen) atoms. The second kappa shape index (κ2) is 11.2. The number of benzene rings is 4. The monoisotopic (exact) mass is 615 g/mol. The van der Waals surface area contributed by atoms with Gasteiger partial charge < -0.3 is 10.1 Å². The van der Waals surface area contributed by atoms with Gasteiger partial charge in [0.15, 0.2) is 0 Å². The lowest BCUT2D eigenvalue weighted by molar-refractivity contribution is -0.148. The van der Waals surface area contributed by atoms with Crippen LogP contribution in [0.15, 0.2) is 103 Å². The molecule has 2 aliphatic rings. The number of carboxylic acids is 1. The van der Waals surface area contributed by atoms with Gasteiger partial charge in [-0.3, -0.25) is 19.7 Å². The predicted molar refractivity (Wildman–Crippen MR) is 176 cm³/mol. The van der Waals surface area contributed by atoms with E-state index in [0.717, 1.165) is 43.6 Å². The number of nitrogens with zero attached hydrogens (tertiary/aromatic N) is 1. The van der Waals surface area contributed by atoms with E-state index in [0.29, 0.717) is 10.7 Å². The number of hydrogen-bond donors (Lipinski definition) is 3. The number of carbonyl (C=O) groups excluding carboxylic acids is 2. The van der Waals surface area contributed by atoms with Gasteiger partial charge in [-0.15, -0.1) is 0 Å². The summed E-state index contributed by atoms with van der Waals surface area (Å²) < 4.78 is 0. The van der Waals surface area contributed by atoms with Crippen molar-refractivity contribution in [2.45, 2.75) is 24.9 Å². The Hall–Kier alpha value is -4.98. The van der Waals surface area contributed by atoms with Crippen LogP contribution in [0.25, 0.3) is 23.1 Å². The summed E-state index contributed by atoms with van der Waals surface area (Å²) in [4.78, 5) is 46.3. The minimum absolute atomic E-state index is 0.00340. The minimum Gasteiger partial charge on any atom is -0.480 e. The van der Waals surface area contributed by atoms with E-state index >= 15 is 0 Å². The molecule has 224 valence electrons. The average Bonchev–Trinajstić information content (AvgIpc) is 3.70. The predicted octanol–water partition coefficient (Wildman–Crippen LogP) is 6.82. The molecule has 0 saturated carbocycles. The number of imide groups is 1. The number of fused-ring (bicyclic) bond motifs is 2. The van der Waals surface area contributed by atoms with Crippen molar-refractivity contribution in [2.75, 3.05) is 4.90 Å². The van der Waals surface area contributed by atoms with Crippen LogP contribution >= 0.6 is 11.6 Å². The number of aliphatic carboxylic acids is 1. The number of para-hydroxylation sites is 1. The zero-order valence-electron chi connectivity index (χ0n) is 24.4. The molecule has 3 N–H and O–H groups in total. The lowest BCUT2D eigenvalue weighted by Crippen LogP contribution is -2.57. The topological polar surface area (TPSA) is 102 Å². The Morgan fingerprint density at radius 2 is 1.60 bits per heavy atom. The van der Waals surface area contributed by atoms with E-state index < -0.39 is 41.2 Å². The Labute approximate surface area is 265 Å². The van der Waals surface area contributed by atoms with E-state index in [4.69, 9.17) is 11.6 Å². The number of aryl methyl sites for hydroxylation is 1. The molecule has 2 saturated heterocycles. The van der Waals surface area contributed by atoms with Crippen LogP contribution in [-0.4, -0.2) is 33.4 Å². The van der Waals surface area contributed by atoms with Gasteiger partial charge in [0, 0.05) is 34.6 Å². The quantitative estimate of drug-likeness (QED) is 0.138. The summed E-state index contributed by atoms with van der Waals surface area (Å²) >= 11 is 6.40. The molecule has 0 bridgehead atoms. The van der Waals surface area contributed by atoms with Gasteiger partial charge in [-0.25, -0.2) is 4.90 Å². The highest BCUT2D eigenvalue weighted by molar-refractivity contribution is 6.32. The van der Waals surface area contributed by atoms with Crippen LogP contribution in [0.4, 0.5) is 5.69 Å². The molecule has 3 heterocycles. The third kappa shape index (κ3) is 4.85. The summed E-state index contributed by atoms with van der Waals surface area (Å²) in [6, 6.07) is 29.5. The Morgan fingerprint density at radius 1 is 0.911 bits per heavy atom. The molecule has 7 nitrogen and oxygen atoms in total. The summed E-state index contributed by atoms with van der Waals surface area (Å²) in [6.45, 7) is 1.84. The first kappa shape index (κ1) is 28.8. The fourth-order valence-electron chi connectivity index (χ4n) is 6.85. The van der Waals surface area contributed by atoms with E-state index in [1.807, 2.05) is 97.9 Å². The van der Waals surface area contributed by atoms with Crippen molar-refractivity contribution in [2.24, 2.45) is 11.8 Å². The summed E-state index contributed by atoms with van der Waals surface area (Å²) in [5, 5.41) is 15.5. The molecule has 7 rings (SSSR count). The number of anilines is 1. The fraction of sp³-hybridized carbons (Fsp3) is 0.162. The first-order valence-corrected chi connectivity index (χ1v) is 15.2. The van der Waals surface area contributed by atoms with Crippen LogP contribution in [0.3, 0.4) is 0 Å². The van der Waals surface area contributed by atoms with E-state index in [1.165, 1.54) is 0 Å². The molecule has 0 radical (unpaired) electrons. The lowest BCUT2D eigenvalue weighted by Gasteiger charge is -2.31. The van der Waals surface area contributed by atoms with Crippen molar-refractivity contribution >= 4 is 58.1 Å². The summed E-state index contributed by atoms with van der Waals surface area (Å²) in [7, 11) is 0. The number of rotatable bonds is 7. The molecule has 0 spiro atoms. The third-order valence-corrected chi connectivity index (χ3v) is 9.56. The van der Waals surface area contributed by atoms with Crippen LogP contribution in [-0.2, 0) is 20.8 Å². The van der Waals surface area contributed by atoms with E-state index in [2.05, 4.69) is 10.3 Å². The number of carbonyl (C=O) groups is 3. The van der Waals surface area contributed by atoms with Gasteiger partial charge in [0.05, 0.1) is 17.5 Å². The minimum atomic E-state index is -1.75. The number of nitrogens with one attached hydrogen (secondary N) is 2. The Bertz CT molecular complexity index is 1980. The number of H-pyrrole nitrogens is 1. The molecule has 2 amide bonds. The van der Waals surface area contributed by atoms with Crippen LogP contribution in [0.2, 0.25) is 5.02 Å². The first-order chi connectivity index (χ1) is 21.8. The number of carboxylic acid groups (broad SMARTS) is 1. The largest absolute Gasteiger partial charge is 0.480 e. The second-order valence-electron chi connectivity index (χ2n) is 11.8. The second-order valence-corrected chi connectivity index (χ2v) is 12.2. The molecule has 1 aromatic heterocycles. The molecular formula is C37H30ClN3O4. The van der Waals surface area contributed by atoms with Crippen molar-refractivity contribution in [1.82, 2.24) is 10.3 Å². The zero-order valence-corrected chi connectivity index (χ0v) is 25.2. The van der Waals surface area contributed by atoms with Gasteiger partial charge in [0.25, 0.3) is 0 Å². The number of halogens is 1. The van der Waals surface area contributed by atoms with Gasteiger partial charge >= 0.3 is 5.97 Å². The van der Waals surface area contributed by atoms with E-state index in [-0.39, 0.29) is 6.42 Å². The molecule has 5 aromatic rings. The first-order valence-electron chi connectivity index (χ1n) is 14.8. The summed E-state index contributed by atoms with van der Waals surface area (Å²) in [5.74, 6) is -4.27. The highest BCUT2D eigenvalue weighted by Crippen LogP contribution is 2.51. The molecule has 8 heteroatoms. The van der Waals surface area contributed by atoms with Crippen molar-refractivity contribution < 1.29 is 19.5 Å². The fourth-order valence-corrected chi connectivity index (χ4v) is 7.02. The molecule has 4 atom stereocenters. The average molecular weight is 616 g/mol. The third-order valence-electron chi connectivity index (χ3n) is 9.16. The maximum Gasteiger partial charge on any atom is 0.325 e. The zero-order chi connectivity index (χ0) is 31.3. The Morgan fingerprint density at radius 3 is 2.31 bits per heavy atom. The number of amides is 2. The lowest BCUT2D eigenvalue weighted by atomic mass is 9.76. The van der Waals surface area contributed by atoms with Crippen LogP contribution < -0.4 is 10.2 Å². The van der Waals surface area contributed by atoms with E-state index in [1.54, 1.807) is 24.4 Å². The molecule has 2 aliphatic heterocycles. The molecule has 2 fully saturated rings. The maximum absolute atomic E-state index is 14.3. The van der Waals surface area contributed by atoms with Gasteiger partial charge in [-0.1, -0.05) is 103 Å². The van der Waals surface area contributed by atoms with Crippen molar-refractivity contribution in [3.63, 3.8) is 0 Å². The maximum atomic E-state index is 14.3. The standard InChI is InChI=1S/C37H30ClN3O4/c1-22-11-18-27(19-29(22)38)41-34(42)31-32(35(41)43)37(36(44)45,20-26-21-39-30-10-6-5-9-28(26)30)40-33(31)25-16-14-24(15-17-25)13-12-23-7-3-2-4-8-23/h2-19,21,31-33,39-40H,20H2,1H3,(H,44,45)/b13-12+. The number of aromatic amines is 1. The van der Waals surface area contributed by atoms with Gasteiger partial charge in [-0.05, 0) is 52.9 Å². The molecule has 4 aromatic carbocycles. The summed E-state index contributed by atoms with van der Waals surface area (Å²) in [6.07, 6.45) is 5.80. The highest BCUT2D eigenvalue weighted by Gasteiger charge is 2.68. The van der Waals surface area contributed by atoms with Crippen molar-refractivity contribution in [3.05, 3.63) is 136 Å². The number of hydrogen-bond acceptors (Lipinski definition) is 4. The molecule has 0 aliphatic carbocycles. The van der Waals surface area contributed by atoms with Crippen LogP contribution in [0.5, 0.6) is 0 Å². The smallest absolute Gasteiger partial charge is 0.325 e. The van der Waals surface area contributed by atoms with Crippen molar-refractivity contribution in [1.29, 1.82) is 0 Å². The molecular weight excluding hydrogens is 586 g/mol. The van der Waals surface area contributed by atoms with Crippen LogP contribution in [0.1, 0.15) is 33.9 Å². The normalized spacial score (nSPS) is 22.9. The Kier molecular flexibility index (Phi) is 7.15. The van der Waals surface area contributed by atoms with Gasteiger partial charge in [-0.2, -0.15) is 0 Å². The number of aromatic nitrogens is 1. The summed E-state index contributed by atoms with van der Waals surface area (Å²) in [5.41, 5.74) is 3.75. The van der Waals surface area contributed by atoms with Crippen LogP contribution in [0, 0.1) is 18.8 Å². The van der Waals surface area contributed by atoms with Crippen molar-refractivity contribution in [3.8, 4) is 0 Å². The SMILES string of the molecule is Cc1ccc(N2C(=O)C3C(c4ccc(/C=C/c5ccccc5)cc4)NC(Cc4c[nH]c5ccccc45)(C(=O)O)C3C2=O)cc1Cl. The Balaban J connectivity index is 1.31.